The van der Waals surface area contributed by atoms with E-state index in [-0.39, 0.29) is 30.2 Å². The maximum absolute atomic E-state index is 13.1. The van der Waals surface area contributed by atoms with Gasteiger partial charge in [0.1, 0.15) is 5.82 Å². The van der Waals surface area contributed by atoms with Crippen molar-refractivity contribution in [2.75, 3.05) is 6.54 Å². The molecule has 1 aromatic rings. The van der Waals surface area contributed by atoms with Crippen LogP contribution in [0.5, 0.6) is 0 Å². The van der Waals surface area contributed by atoms with Crippen molar-refractivity contribution in [3.63, 3.8) is 0 Å². The third-order valence-electron chi connectivity index (χ3n) is 5.67. The van der Waals surface area contributed by atoms with Gasteiger partial charge in [-0.15, -0.1) is 12.4 Å². The van der Waals surface area contributed by atoms with Gasteiger partial charge in [-0.3, -0.25) is 4.79 Å². The lowest BCUT2D eigenvalue weighted by Gasteiger charge is -2.35. The summed E-state index contributed by atoms with van der Waals surface area (Å²) in [5.41, 5.74) is 7.18. The van der Waals surface area contributed by atoms with Crippen molar-refractivity contribution in [3.05, 3.63) is 35.6 Å². The first-order valence-corrected chi connectivity index (χ1v) is 9.44. The van der Waals surface area contributed by atoms with Crippen LogP contribution in [0.1, 0.15) is 56.9 Å². The molecule has 2 unspecified atom stereocenters. The van der Waals surface area contributed by atoms with Gasteiger partial charge in [0.05, 0.1) is 0 Å². The average Bonchev–Trinajstić information content (AvgIpc) is 3.11. The van der Waals surface area contributed by atoms with Gasteiger partial charge in [0.15, 0.2) is 0 Å². The molecule has 2 aliphatic carbocycles. The van der Waals surface area contributed by atoms with E-state index in [1.807, 2.05) is 12.1 Å². The fourth-order valence-electron chi connectivity index (χ4n) is 4.28. The van der Waals surface area contributed by atoms with Crippen molar-refractivity contribution in [1.29, 1.82) is 0 Å². The number of amides is 1. The number of nitrogens with two attached hydrogens (primary N) is 1. The van der Waals surface area contributed by atoms with Crippen LogP contribution < -0.4 is 5.73 Å². The van der Waals surface area contributed by atoms with E-state index in [0.29, 0.717) is 11.9 Å². The molecule has 1 amide bonds. The van der Waals surface area contributed by atoms with Crippen LogP contribution in [0.2, 0.25) is 0 Å². The van der Waals surface area contributed by atoms with E-state index in [0.717, 1.165) is 57.1 Å². The van der Waals surface area contributed by atoms with Crippen molar-refractivity contribution >= 4 is 18.3 Å². The summed E-state index contributed by atoms with van der Waals surface area (Å²) in [6, 6.07) is 7.20. The summed E-state index contributed by atoms with van der Waals surface area (Å²) < 4.78 is 13.1. The topological polar surface area (TPSA) is 46.3 Å². The molecule has 0 heterocycles. The van der Waals surface area contributed by atoms with E-state index in [2.05, 4.69) is 4.90 Å². The lowest BCUT2D eigenvalue weighted by Crippen LogP contribution is -2.45. The molecule has 25 heavy (non-hydrogen) atoms. The molecule has 140 valence electrons. The molecule has 0 aromatic heterocycles. The SMILES string of the molecule is Cl.NC1CCCC(C(=O)N(CCc2ccc(F)cc2)C2CCCC2)C1. The highest BCUT2D eigenvalue weighted by Gasteiger charge is 2.33. The molecule has 1 aromatic carbocycles. The van der Waals surface area contributed by atoms with E-state index in [1.165, 1.54) is 25.0 Å². The molecule has 0 radical (unpaired) electrons. The first-order chi connectivity index (χ1) is 11.6. The average molecular weight is 369 g/mol. The largest absolute Gasteiger partial charge is 0.339 e. The summed E-state index contributed by atoms with van der Waals surface area (Å²) in [6.45, 7) is 0.737. The van der Waals surface area contributed by atoms with E-state index in [9.17, 15) is 9.18 Å². The number of carbonyl (C=O) groups excluding carboxylic acids is 1. The Morgan fingerprint density at radius 1 is 1.08 bits per heavy atom. The highest BCUT2D eigenvalue weighted by molar-refractivity contribution is 5.85. The Hall–Kier alpha value is -1.13. The monoisotopic (exact) mass is 368 g/mol. The second-order valence-electron chi connectivity index (χ2n) is 7.47. The first kappa shape index (κ1) is 20.2. The predicted molar refractivity (Wildman–Crippen MR) is 101 cm³/mol. The minimum atomic E-state index is -0.210. The smallest absolute Gasteiger partial charge is 0.225 e. The number of nitrogens with zero attached hydrogens (tertiary/aromatic N) is 1. The summed E-state index contributed by atoms with van der Waals surface area (Å²) in [4.78, 5) is 15.2. The molecule has 5 heteroatoms. The predicted octanol–water partition coefficient (Wildman–Crippen LogP) is 4.08. The molecule has 2 N–H and O–H groups in total. The van der Waals surface area contributed by atoms with Gasteiger partial charge in [-0.1, -0.05) is 31.4 Å². The highest BCUT2D eigenvalue weighted by atomic mass is 35.5. The minimum absolute atomic E-state index is 0. The van der Waals surface area contributed by atoms with Crippen LogP contribution in [-0.4, -0.2) is 29.4 Å². The van der Waals surface area contributed by atoms with Crippen LogP contribution in [0, 0.1) is 11.7 Å². The molecule has 2 aliphatic rings. The normalized spacial score (nSPS) is 23.9. The molecule has 0 saturated heterocycles. The summed E-state index contributed by atoms with van der Waals surface area (Å²) in [6.07, 6.45) is 9.38. The minimum Gasteiger partial charge on any atom is -0.339 e. The van der Waals surface area contributed by atoms with Gasteiger partial charge in [-0.05, 0) is 56.2 Å². The number of hydrogen-bond acceptors (Lipinski definition) is 2. The number of hydrogen-bond donors (Lipinski definition) is 1. The van der Waals surface area contributed by atoms with Crippen molar-refractivity contribution in [3.8, 4) is 0 Å². The summed E-state index contributed by atoms with van der Waals surface area (Å²) in [7, 11) is 0. The fourth-order valence-corrected chi connectivity index (χ4v) is 4.28. The van der Waals surface area contributed by atoms with Gasteiger partial charge in [0.25, 0.3) is 0 Å². The number of halogens is 2. The van der Waals surface area contributed by atoms with E-state index >= 15 is 0 Å². The third kappa shape index (κ3) is 5.42. The summed E-state index contributed by atoms with van der Waals surface area (Å²) >= 11 is 0. The van der Waals surface area contributed by atoms with Crippen LogP contribution in [0.25, 0.3) is 0 Å². The lowest BCUT2D eigenvalue weighted by atomic mass is 9.85. The molecule has 2 fully saturated rings. The highest BCUT2D eigenvalue weighted by Crippen LogP contribution is 2.30. The molecule has 0 spiro atoms. The zero-order valence-electron chi connectivity index (χ0n) is 14.8. The Kier molecular flexibility index (Phi) is 7.70. The van der Waals surface area contributed by atoms with E-state index < -0.39 is 0 Å². The number of carbonyl (C=O) groups is 1. The van der Waals surface area contributed by atoms with Crippen molar-refractivity contribution in [1.82, 2.24) is 4.90 Å². The zero-order valence-corrected chi connectivity index (χ0v) is 15.6. The Balaban J connectivity index is 0.00000225. The Morgan fingerprint density at radius 2 is 1.76 bits per heavy atom. The molecule has 3 nitrogen and oxygen atoms in total. The van der Waals surface area contributed by atoms with Gasteiger partial charge in [0.2, 0.25) is 5.91 Å². The van der Waals surface area contributed by atoms with Crippen LogP contribution in [0.15, 0.2) is 24.3 Å². The standard InChI is InChI=1S/C20H29FN2O.ClH/c21-17-10-8-15(9-11-17)12-13-23(19-6-1-2-7-19)20(24)16-4-3-5-18(22)14-16;/h8-11,16,18-19H,1-7,12-14,22H2;1H. The van der Waals surface area contributed by atoms with E-state index in [4.69, 9.17) is 5.73 Å². The molecule has 2 atom stereocenters. The van der Waals surface area contributed by atoms with Crippen LogP contribution in [0.3, 0.4) is 0 Å². The Labute approximate surface area is 156 Å². The third-order valence-corrected chi connectivity index (χ3v) is 5.67. The zero-order chi connectivity index (χ0) is 16.9. The van der Waals surface area contributed by atoms with Crippen molar-refractivity contribution in [2.45, 2.75) is 69.9 Å². The Bertz CT molecular complexity index is 545. The first-order valence-electron chi connectivity index (χ1n) is 9.44. The van der Waals surface area contributed by atoms with Gasteiger partial charge >= 0.3 is 0 Å². The van der Waals surface area contributed by atoms with Gasteiger partial charge in [0, 0.05) is 24.5 Å². The molecule has 0 bridgehead atoms. The molecule has 2 saturated carbocycles. The van der Waals surface area contributed by atoms with Crippen molar-refractivity contribution < 1.29 is 9.18 Å². The van der Waals surface area contributed by atoms with Crippen LogP contribution >= 0.6 is 12.4 Å². The molecule has 3 rings (SSSR count). The van der Waals surface area contributed by atoms with Gasteiger partial charge in [-0.25, -0.2) is 4.39 Å². The lowest BCUT2D eigenvalue weighted by molar-refractivity contribution is -0.139. The maximum atomic E-state index is 13.1. The van der Waals surface area contributed by atoms with E-state index in [1.54, 1.807) is 0 Å². The molecular formula is C20H30ClFN2O. The second kappa shape index (κ2) is 9.54. The fraction of sp³-hybridized carbons (Fsp3) is 0.650. The maximum Gasteiger partial charge on any atom is 0.225 e. The quantitative estimate of drug-likeness (QED) is 0.851. The van der Waals surface area contributed by atoms with Gasteiger partial charge < -0.3 is 10.6 Å². The van der Waals surface area contributed by atoms with Gasteiger partial charge in [-0.2, -0.15) is 0 Å². The number of rotatable bonds is 5. The second-order valence-corrected chi connectivity index (χ2v) is 7.47. The number of benzene rings is 1. The Morgan fingerprint density at radius 3 is 2.40 bits per heavy atom. The molecular weight excluding hydrogens is 339 g/mol. The van der Waals surface area contributed by atoms with Crippen molar-refractivity contribution in [2.24, 2.45) is 11.7 Å². The summed E-state index contributed by atoms with van der Waals surface area (Å²) in [5.74, 6) is 0.195. The summed E-state index contributed by atoms with van der Waals surface area (Å²) in [5, 5.41) is 0. The molecule has 0 aliphatic heterocycles. The van der Waals surface area contributed by atoms with Crippen LogP contribution in [0.4, 0.5) is 4.39 Å². The van der Waals surface area contributed by atoms with Crippen LogP contribution in [-0.2, 0) is 11.2 Å².